The third-order valence-corrected chi connectivity index (χ3v) is 5.28. The number of hydrogen-bond donors (Lipinski definition) is 2. The first-order chi connectivity index (χ1) is 16.9. The lowest BCUT2D eigenvalue weighted by atomic mass is 10.2. The first kappa shape index (κ1) is 25.3. The maximum absolute atomic E-state index is 12.3. The number of rotatable bonds is 9. The number of para-hydroxylation sites is 2. The second-order valence-electron chi connectivity index (χ2n) is 6.69. The molecule has 0 aliphatic carbocycles. The van der Waals surface area contributed by atoms with Crippen LogP contribution in [-0.4, -0.2) is 57.1 Å². The van der Waals surface area contributed by atoms with E-state index >= 15 is 0 Å². The molecule has 2 aromatic carbocycles. The van der Waals surface area contributed by atoms with Gasteiger partial charge >= 0.3 is 5.97 Å². The summed E-state index contributed by atoms with van der Waals surface area (Å²) in [6.07, 6.45) is 2.52. The summed E-state index contributed by atoms with van der Waals surface area (Å²) in [5.41, 5.74) is 1.17. The zero-order valence-electron chi connectivity index (χ0n) is 19.1. The number of benzene rings is 2. The molecule has 2 N–H and O–H groups in total. The number of amides is 2. The Kier molecular flexibility index (Phi) is 8.84. The number of thioether (sulfide) groups is 1. The van der Waals surface area contributed by atoms with Gasteiger partial charge in [0.1, 0.15) is 5.75 Å². The molecule has 0 saturated carbocycles. The molecular formula is C23H22N4O7S. The lowest BCUT2D eigenvalue weighted by molar-refractivity contribution is -0.135. The average molecular weight is 499 g/mol. The van der Waals surface area contributed by atoms with Gasteiger partial charge in [-0.05, 0) is 47.7 Å². The largest absolute Gasteiger partial charge is 0.495 e. The summed E-state index contributed by atoms with van der Waals surface area (Å²) in [6.45, 7) is -0.242. The number of carbonyl (C=O) groups is 3. The number of carbonyl (C=O) groups excluding carboxylic acids is 3. The summed E-state index contributed by atoms with van der Waals surface area (Å²) >= 11 is 0.965. The normalized spacial score (nSPS) is 15.2. The monoisotopic (exact) mass is 498 g/mol. The molecule has 1 saturated heterocycles. The van der Waals surface area contributed by atoms with Crippen molar-refractivity contribution in [2.24, 2.45) is 10.2 Å². The minimum atomic E-state index is -0.640. The minimum Gasteiger partial charge on any atom is -0.495 e. The highest BCUT2D eigenvalue weighted by Crippen LogP contribution is 2.28. The van der Waals surface area contributed by atoms with Crippen molar-refractivity contribution >= 4 is 46.6 Å². The van der Waals surface area contributed by atoms with E-state index in [2.05, 4.69) is 25.6 Å². The molecule has 1 heterocycles. The van der Waals surface area contributed by atoms with Gasteiger partial charge in [0.15, 0.2) is 23.3 Å². The van der Waals surface area contributed by atoms with Crippen LogP contribution in [0.1, 0.15) is 5.56 Å². The van der Waals surface area contributed by atoms with Gasteiger partial charge in [-0.15, -0.1) is 5.10 Å². The number of amidine groups is 1. The number of ether oxygens (including phenoxy) is 4. The molecule has 1 aliphatic heterocycles. The smallest absolute Gasteiger partial charge is 0.331 e. The minimum absolute atomic E-state index is 0.156. The van der Waals surface area contributed by atoms with Crippen LogP contribution in [0.15, 0.2) is 63.6 Å². The van der Waals surface area contributed by atoms with Crippen molar-refractivity contribution in [3.05, 3.63) is 59.0 Å². The van der Waals surface area contributed by atoms with Crippen molar-refractivity contribution in [2.45, 2.75) is 0 Å². The molecule has 0 atom stereocenters. The SMILES string of the molecule is COC(=O)/C=C1/S/C(=N\N=Cc2ccc(OCC(=O)Nc3ccccc3OC)c(OC)c2)NC1=O. The van der Waals surface area contributed by atoms with Gasteiger partial charge in [0.05, 0.1) is 38.1 Å². The number of methoxy groups -OCH3 is 3. The zero-order chi connectivity index (χ0) is 25.2. The molecule has 0 spiro atoms. The van der Waals surface area contributed by atoms with Crippen LogP contribution in [0, 0.1) is 0 Å². The van der Waals surface area contributed by atoms with Crippen molar-refractivity contribution in [3.8, 4) is 17.2 Å². The first-order valence-corrected chi connectivity index (χ1v) is 10.9. The molecule has 2 amide bonds. The van der Waals surface area contributed by atoms with E-state index in [0.717, 1.165) is 17.8 Å². The maximum Gasteiger partial charge on any atom is 0.331 e. The van der Waals surface area contributed by atoms with E-state index in [1.54, 1.807) is 42.5 Å². The second kappa shape index (κ2) is 12.2. The van der Waals surface area contributed by atoms with Crippen LogP contribution >= 0.6 is 11.8 Å². The molecule has 12 heteroatoms. The van der Waals surface area contributed by atoms with Gasteiger partial charge in [-0.25, -0.2) is 4.79 Å². The summed E-state index contributed by atoms with van der Waals surface area (Å²) in [6, 6.07) is 12.0. The van der Waals surface area contributed by atoms with Gasteiger partial charge in [-0.1, -0.05) is 12.1 Å². The Hall–Kier alpha value is -4.32. The highest BCUT2D eigenvalue weighted by atomic mass is 32.2. The van der Waals surface area contributed by atoms with Gasteiger partial charge in [0.2, 0.25) is 0 Å². The molecule has 0 radical (unpaired) electrons. The van der Waals surface area contributed by atoms with E-state index in [1.807, 2.05) is 0 Å². The summed E-state index contributed by atoms with van der Waals surface area (Å²) in [5, 5.41) is 13.3. The predicted octanol–water partition coefficient (Wildman–Crippen LogP) is 2.33. The molecule has 11 nitrogen and oxygen atoms in total. The number of nitrogens with one attached hydrogen (secondary N) is 2. The van der Waals surface area contributed by atoms with Crippen LogP contribution in [0.3, 0.4) is 0 Å². The standard InChI is InChI=1S/C23H22N4O7S/c1-31-16-7-5-4-6-15(16)25-20(28)13-34-17-9-8-14(10-18(17)32-2)12-24-27-23-26-22(30)19(35-23)11-21(29)33-3/h4-12H,13H2,1-3H3,(H,25,28)(H,26,27,30)/b19-11+,24-12?. The molecule has 1 aliphatic rings. The Morgan fingerprint density at radius 3 is 2.57 bits per heavy atom. The molecule has 35 heavy (non-hydrogen) atoms. The van der Waals surface area contributed by atoms with E-state index in [-0.39, 0.29) is 22.6 Å². The van der Waals surface area contributed by atoms with Gasteiger partial charge in [0.25, 0.3) is 11.8 Å². The van der Waals surface area contributed by atoms with Crippen LogP contribution in [-0.2, 0) is 19.1 Å². The van der Waals surface area contributed by atoms with Crippen molar-refractivity contribution in [2.75, 3.05) is 33.3 Å². The molecule has 0 aromatic heterocycles. The van der Waals surface area contributed by atoms with Crippen molar-refractivity contribution in [1.82, 2.24) is 5.32 Å². The Labute approximate surface area is 205 Å². The van der Waals surface area contributed by atoms with E-state index in [1.165, 1.54) is 27.5 Å². The molecule has 1 fully saturated rings. The van der Waals surface area contributed by atoms with Crippen LogP contribution in [0.5, 0.6) is 17.2 Å². The lowest BCUT2D eigenvalue weighted by Crippen LogP contribution is -2.20. The lowest BCUT2D eigenvalue weighted by Gasteiger charge is -2.12. The zero-order valence-corrected chi connectivity index (χ0v) is 19.9. The van der Waals surface area contributed by atoms with Crippen molar-refractivity contribution < 1.29 is 33.3 Å². The molecule has 3 rings (SSSR count). The van der Waals surface area contributed by atoms with Gasteiger partial charge in [-0.2, -0.15) is 5.10 Å². The third-order valence-electron chi connectivity index (χ3n) is 4.38. The molecule has 0 bridgehead atoms. The van der Waals surface area contributed by atoms with E-state index < -0.39 is 11.9 Å². The fourth-order valence-electron chi connectivity index (χ4n) is 2.75. The van der Waals surface area contributed by atoms with E-state index in [0.29, 0.717) is 28.5 Å². The van der Waals surface area contributed by atoms with Gasteiger partial charge in [-0.3, -0.25) is 14.9 Å². The van der Waals surface area contributed by atoms with Gasteiger partial charge in [0, 0.05) is 6.08 Å². The number of esters is 1. The predicted molar refractivity (Wildman–Crippen MR) is 131 cm³/mol. The molecular weight excluding hydrogens is 476 g/mol. The van der Waals surface area contributed by atoms with Crippen molar-refractivity contribution in [3.63, 3.8) is 0 Å². The number of anilines is 1. The fourth-order valence-corrected chi connectivity index (χ4v) is 3.49. The average Bonchev–Trinajstić information content (AvgIpc) is 3.21. The summed E-state index contributed by atoms with van der Waals surface area (Å²) in [7, 11) is 4.21. The maximum atomic E-state index is 12.3. The van der Waals surface area contributed by atoms with E-state index in [4.69, 9.17) is 14.2 Å². The molecule has 0 unspecified atom stereocenters. The highest BCUT2D eigenvalue weighted by Gasteiger charge is 2.25. The number of hydrogen-bond acceptors (Lipinski definition) is 10. The van der Waals surface area contributed by atoms with E-state index in [9.17, 15) is 14.4 Å². The van der Waals surface area contributed by atoms with Crippen LogP contribution in [0.4, 0.5) is 5.69 Å². The Morgan fingerprint density at radius 2 is 1.83 bits per heavy atom. The topological polar surface area (TPSA) is 137 Å². The molecule has 182 valence electrons. The first-order valence-electron chi connectivity index (χ1n) is 10.1. The summed E-state index contributed by atoms with van der Waals surface area (Å²) in [4.78, 5) is 35.6. The fraction of sp³-hybridized carbons (Fsp3) is 0.174. The Balaban J connectivity index is 1.60. The Morgan fingerprint density at radius 1 is 1.06 bits per heavy atom. The van der Waals surface area contributed by atoms with Gasteiger partial charge < -0.3 is 24.3 Å². The quantitative estimate of drug-likeness (QED) is 0.233. The summed E-state index contributed by atoms with van der Waals surface area (Å²) in [5.74, 6) is -0.182. The van der Waals surface area contributed by atoms with Crippen molar-refractivity contribution in [1.29, 1.82) is 0 Å². The molecule has 2 aromatic rings. The van der Waals surface area contributed by atoms with Crippen LogP contribution in [0.2, 0.25) is 0 Å². The van der Waals surface area contributed by atoms with Crippen LogP contribution < -0.4 is 24.8 Å². The number of nitrogens with zero attached hydrogens (tertiary/aromatic N) is 2. The third kappa shape index (κ3) is 7.08. The van der Waals surface area contributed by atoms with Crippen LogP contribution in [0.25, 0.3) is 0 Å². The summed E-state index contributed by atoms with van der Waals surface area (Å²) < 4.78 is 20.7. The second-order valence-corrected chi connectivity index (χ2v) is 7.72. The Bertz CT molecular complexity index is 1210. The highest BCUT2D eigenvalue weighted by molar-refractivity contribution is 8.18.